The number of rotatable bonds is 6. The van der Waals surface area contributed by atoms with Gasteiger partial charge in [-0.2, -0.15) is 0 Å². The third kappa shape index (κ3) is 4.55. The molecule has 0 unspecified atom stereocenters. The molecule has 0 radical (unpaired) electrons. The molecule has 0 aromatic carbocycles. The Hall–Kier alpha value is -2.90. The molecule has 24 heavy (non-hydrogen) atoms. The lowest BCUT2D eigenvalue weighted by Gasteiger charge is -2.06. The van der Waals surface area contributed by atoms with Crippen LogP contribution in [0.2, 0.25) is 0 Å². The number of imidazole rings is 1. The molecule has 0 atom stereocenters. The number of aryl methyl sites for hydroxylation is 1. The summed E-state index contributed by atoms with van der Waals surface area (Å²) in [6.07, 6.45) is 3.30. The van der Waals surface area contributed by atoms with Crippen LogP contribution < -0.4 is 10.6 Å². The van der Waals surface area contributed by atoms with Crippen molar-refractivity contribution in [1.82, 2.24) is 20.0 Å². The summed E-state index contributed by atoms with van der Waals surface area (Å²) in [6.45, 7) is 3.81. The average Bonchev–Trinajstić information content (AvgIpc) is 2.98. The van der Waals surface area contributed by atoms with Crippen molar-refractivity contribution in [2.45, 2.75) is 26.7 Å². The number of nitrogens with zero attached hydrogens (tertiary/aromatic N) is 2. The molecule has 2 heterocycles. The van der Waals surface area contributed by atoms with Crippen molar-refractivity contribution in [1.29, 1.82) is 0 Å². The first-order valence-electron chi connectivity index (χ1n) is 7.70. The van der Waals surface area contributed by atoms with Crippen LogP contribution in [-0.2, 0) is 9.53 Å². The van der Waals surface area contributed by atoms with Crippen molar-refractivity contribution >= 4 is 23.6 Å². The second kappa shape index (κ2) is 8.09. The average molecular weight is 332 g/mol. The molecular formula is C16H20N4O4. The minimum Gasteiger partial charge on any atom is -0.451 e. The number of aromatic nitrogens is 2. The van der Waals surface area contributed by atoms with E-state index in [0.29, 0.717) is 12.2 Å². The molecule has 0 saturated heterocycles. The van der Waals surface area contributed by atoms with Crippen LogP contribution in [-0.4, -0.2) is 40.4 Å². The van der Waals surface area contributed by atoms with Crippen LogP contribution in [0.4, 0.5) is 4.79 Å². The largest absolute Gasteiger partial charge is 0.451 e. The molecule has 2 rings (SSSR count). The molecule has 8 nitrogen and oxygen atoms in total. The summed E-state index contributed by atoms with van der Waals surface area (Å²) in [4.78, 5) is 39.1. The molecule has 0 saturated carbocycles. The van der Waals surface area contributed by atoms with E-state index in [1.807, 2.05) is 26.0 Å². The van der Waals surface area contributed by atoms with Crippen LogP contribution in [0.15, 0.2) is 24.4 Å². The van der Waals surface area contributed by atoms with E-state index in [0.717, 1.165) is 18.5 Å². The van der Waals surface area contributed by atoms with Gasteiger partial charge in [-0.3, -0.25) is 10.1 Å². The number of carbonyl (C=O) groups excluding carboxylic acids is 3. The summed E-state index contributed by atoms with van der Waals surface area (Å²) in [6, 6.07) is 4.87. The van der Waals surface area contributed by atoms with Crippen LogP contribution in [0.1, 0.15) is 35.9 Å². The number of imide groups is 1. The minimum absolute atomic E-state index is 0.101. The number of pyridine rings is 1. The number of hydrogen-bond donors (Lipinski definition) is 2. The number of unbranched alkanes of at least 4 members (excludes halogenated alkanes) is 1. The van der Waals surface area contributed by atoms with E-state index in [1.165, 1.54) is 0 Å². The van der Waals surface area contributed by atoms with Crippen molar-refractivity contribution in [2.24, 2.45) is 0 Å². The molecule has 2 aromatic rings. The zero-order valence-electron chi connectivity index (χ0n) is 13.7. The van der Waals surface area contributed by atoms with Crippen LogP contribution in [0, 0.1) is 6.92 Å². The number of carbonyl (C=O) groups is 3. The van der Waals surface area contributed by atoms with Gasteiger partial charge in [-0.05, 0) is 25.5 Å². The maximum absolute atomic E-state index is 11.9. The fourth-order valence-corrected chi connectivity index (χ4v) is 2.04. The molecule has 0 aliphatic heterocycles. The molecule has 2 aromatic heterocycles. The number of ether oxygens (including phenoxy) is 1. The van der Waals surface area contributed by atoms with E-state index < -0.39 is 24.5 Å². The topological polar surface area (TPSA) is 102 Å². The Morgan fingerprint density at radius 3 is 2.79 bits per heavy atom. The summed E-state index contributed by atoms with van der Waals surface area (Å²) in [5.74, 6) is -1.42. The van der Waals surface area contributed by atoms with Gasteiger partial charge in [-0.15, -0.1) is 0 Å². The number of amides is 3. The van der Waals surface area contributed by atoms with Gasteiger partial charge in [0.2, 0.25) is 0 Å². The minimum atomic E-state index is -0.723. The van der Waals surface area contributed by atoms with Crippen molar-refractivity contribution in [3.05, 3.63) is 35.8 Å². The van der Waals surface area contributed by atoms with Crippen LogP contribution in [0.3, 0.4) is 0 Å². The first-order chi connectivity index (χ1) is 11.5. The molecule has 0 aliphatic carbocycles. The van der Waals surface area contributed by atoms with Crippen LogP contribution in [0.5, 0.6) is 0 Å². The van der Waals surface area contributed by atoms with E-state index in [2.05, 4.69) is 15.6 Å². The highest BCUT2D eigenvalue weighted by Crippen LogP contribution is 2.09. The Morgan fingerprint density at radius 2 is 2.08 bits per heavy atom. The standard InChI is InChI=1S/C16H20N4O4/c1-3-4-8-17-16(23)19-14(21)10-24-15(22)12-9-20-11(2)6-5-7-13(20)18-12/h5-7,9H,3-4,8,10H2,1-2H3,(H2,17,19,21,23). The van der Waals surface area contributed by atoms with Crippen molar-refractivity contribution in [3.8, 4) is 0 Å². The Kier molecular flexibility index (Phi) is 5.89. The molecular weight excluding hydrogens is 312 g/mol. The molecule has 0 aliphatic rings. The normalized spacial score (nSPS) is 10.4. The van der Waals surface area contributed by atoms with Crippen LogP contribution in [0.25, 0.3) is 5.65 Å². The van der Waals surface area contributed by atoms with Gasteiger partial charge < -0.3 is 14.5 Å². The second-order valence-electron chi connectivity index (χ2n) is 5.26. The van der Waals surface area contributed by atoms with E-state index in [1.54, 1.807) is 16.7 Å². The van der Waals surface area contributed by atoms with Crippen molar-refractivity contribution in [3.63, 3.8) is 0 Å². The molecule has 8 heteroatoms. The maximum atomic E-state index is 11.9. The smallest absolute Gasteiger partial charge is 0.359 e. The SMILES string of the molecule is CCCCNC(=O)NC(=O)COC(=O)c1cn2c(C)cccc2n1. The predicted octanol–water partition coefficient (Wildman–Crippen LogP) is 1.43. The van der Waals surface area contributed by atoms with E-state index >= 15 is 0 Å². The highest BCUT2D eigenvalue weighted by molar-refractivity contribution is 5.96. The zero-order chi connectivity index (χ0) is 17.5. The highest BCUT2D eigenvalue weighted by Gasteiger charge is 2.15. The van der Waals surface area contributed by atoms with Gasteiger partial charge in [0.05, 0.1) is 0 Å². The number of esters is 1. The molecule has 0 spiro atoms. The number of urea groups is 1. The predicted molar refractivity (Wildman–Crippen MR) is 86.7 cm³/mol. The van der Waals surface area contributed by atoms with Crippen molar-refractivity contribution < 1.29 is 19.1 Å². The Balaban J connectivity index is 1.84. The van der Waals surface area contributed by atoms with E-state index in [9.17, 15) is 14.4 Å². The molecule has 128 valence electrons. The Bertz CT molecular complexity index is 754. The Morgan fingerprint density at radius 1 is 1.29 bits per heavy atom. The van der Waals surface area contributed by atoms with E-state index in [4.69, 9.17) is 4.74 Å². The van der Waals surface area contributed by atoms with Gasteiger partial charge in [0.25, 0.3) is 5.91 Å². The molecule has 2 N–H and O–H groups in total. The van der Waals surface area contributed by atoms with Gasteiger partial charge in [0.15, 0.2) is 12.3 Å². The highest BCUT2D eigenvalue weighted by atomic mass is 16.5. The van der Waals surface area contributed by atoms with Crippen molar-refractivity contribution in [2.75, 3.05) is 13.2 Å². The number of hydrogen-bond acceptors (Lipinski definition) is 5. The first-order valence-corrected chi connectivity index (χ1v) is 7.70. The van der Waals surface area contributed by atoms with Gasteiger partial charge in [0, 0.05) is 18.4 Å². The number of nitrogens with one attached hydrogen (secondary N) is 2. The number of fused-ring (bicyclic) bond motifs is 1. The third-order valence-corrected chi connectivity index (χ3v) is 3.31. The van der Waals surface area contributed by atoms with Gasteiger partial charge >= 0.3 is 12.0 Å². The molecule has 3 amide bonds. The first kappa shape index (κ1) is 17.5. The zero-order valence-corrected chi connectivity index (χ0v) is 13.7. The molecule has 0 bridgehead atoms. The second-order valence-corrected chi connectivity index (χ2v) is 5.26. The third-order valence-electron chi connectivity index (χ3n) is 3.31. The van der Waals surface area contributed by atoms with Gasteiger partial charge in [0.1, 0.15) is 5.65 Å². The van der Waals surface area contributed by atoms with Crippen LogP contribution >= 0.6 is 0 Å². The van der Waals surface area contributed by atoms with Gasteiger partial charge in [-0.1, -0.05) is 19.4 Å². The molecule has 0 fully saturated rings. The summed E-state index contributed by atoms with van der Waals surface area (Å²) in [5, 5.41) is 4.62. The summed E-state index contributed by atoms with van der Waals surface area (Å²) in [7, 11) is 0. The fourth-order valence-electron chi connectivity index (χ4n) is 2.04. The van der Waals surface area contributed by atoms with E-state index in [-0.39, 0.29) is 5.69 Å². The van der Waals surface area contributed by atoms with Gasteiger partial charge in [-0.25, -0.2) is 14.6 Å². The quantitative estimate of drug-likeness (QED) is 0.615. The summed E-state index contributed by atoms with van der Waals surface area (Å²) in [5.41, 5.74) is 1.63. The lowest BCUT2D eigenvalue weighted by atomic mass is 10.3. The fraction of sp³-hybridized carbons (Fsp3) is 0.375. The monoisotopic (exact) mass is 332 g/mol. The Labute approximate surface area is 139 Å². The lowest BCUT2D eigenvalue weighted by molar-refractivity contribution is -0.123. The summed E-state index contributed by atoms with van der Waals surface area (Å²) >= 11 is 0. The summed E-state index contributed by atoms with van der Waals surface area (Å²) < 4.78 is 6.63. The maximum Gasteiger partial charge on any atom is 0.359 e. The lowest BCUT2D eigenvalue weighted by Crippen LogP contribution is -2.41.